The molecule has 9 rings (SSSR count). The molecule has 2 bridgehead atoms. The molecular formula is C53H60N10O18P2S2. The van der Waals surface area contributed by atoms with Gasteiger partial charge in [0.25, 0.3) is 23.3 Å². The van der Waals surface area contributed by atoms with Crippen LogP contribution in [0.3, 0.4) is 0 Å². The first kappa shape index (κ1) is 62.6. The maximum Gasteiger partial charge on any atom is 0.410 e. The van der Waals surface area contributed by atoms with Gasteiger partial charge in [-0.15, -0.1) is 0 Å². The number of Topliss-reactive ketones (excluding diaryl/α,β-unsaturated/α-hetero) is 2. The molecule has 2 aromatic carbocycles. The smallest absolute Gasteiger partial charge is 0.410 e. The number of imidazole rings is 1. The Bertz CT molecular complexity index is 3540. The molecule has 4 aliphatic rings. The Labute approximate surface area is 495 Å². The normalized spacial score (nSPS) is 25.7. The van der Waals surface area contributed by atoms with E-state index in [0.717, 1.165) is 23.4 Å². The third-order valence-corrected chi connectivity index (χ3v) is 17.7. The Morgan fingerprint density at radius 3 is 2.40 bits per heavy atom. The van der Waals surface area contributed by atoms with Crippen molar-refractivity contribution in [1.82, 2.24) is 44.6 Å². The van der Waals surface area contributed by atoms with Gasteiger partial charge < -0.3 is 48.0 Å². The molecule has 85 heavy (non-hydrogen) atoms. The minimum Gasteiger partial charge on any atom is -0.474 e. The second kappa shape index (κ2) is 26.8. The largest absolute Gasteiger partial charge is 0.474 e. The fourth-order valence-corrected chi connectivity index (χ4v) is 12.9. The Balaban J connectivity index is 0.793. The van der Waals surface area contributed by atoms with Crippen LogP contribution in [0.1, 0.15) is 73.3 Å². The first-order chi connectivity index (χ1) is 40.4. The number of aromatic amines is 1. The molecular weight excluding hydrogens is 1190 g/mol. The quantitative estimate of drug-likeness (QED) is 0.0388. The van der Waals surface area contributed by atoms with E-state index >= 15 is 0 Å². The van der Waals surface area contributed by atoms with Gasteiger partial charge in [-0.2, -0.15) is 4.98 Å². The van der Waals surface area contributed by atoms with Gasteiger partial charge in [0.15, 0.2) is 29.0 Å². The molecule has 6 heterocycles. The number of aliphatic hydroxyl groups is 1. The Morgan fingerprint density at radius 1 is 0.953 bits per heavy atom. The molecule has 3 aromatic heterocycles. The number of carbonyl (C=O) groups is 7. The van der Waals surface area contributed by atoms with Gasteiger partial charge in [-0.3, -0.25) is 57.9 Å². The number of rotatable bonds is 19. The van der Waals surface area contributed by atoms with Crippen LogP contribution in [-0.2, 0) is 87.5 Å². The second-order valence-corrected chi connectivity index (χ2v) is 26.6. The number of nitrogens with one attached hydrogen (secondary N) is 3. The lowest BCUT2D eigenvalue weighted by atomic mass is 9.89. The number of fused-ring (bicyclic) bond motifs is 4. The molecule has 5 amide bonds. The molecule has 11 atom stereocenters. The predicted octanol–water partition coefficient (Wildman–Crippen LogP) is 3.89. The van der Waals surface area contributed by atoms with Gasteiger partial charge in [0.2, 0.25) is 17.7 Å². The van der Waals surface area contributed by atoms with Crippen molar-refractivity contribution in [2.45, 2.75) is 102 Å². The summed E-state index contributed by atoms with van der Waals surface area (Å²) in [5.41, 5.74) is 0.493. The highest BCUT2D eigenvalue weighted by Gasteiger charge is 2.51. The average Bonchev–Trinajstić information content (AvgIpc) is 2.16. The van der Waals surface area contributed by atoms with Crippen molar-refractivity contribution in [1.29, 1.82) is 0 Å². The van der Waals surface area contributed by atoms with E-state index in [-0.39, 0.29) is 73.4 Å². The van der Waals surface area contributed by atoms with Gasteiger partial charge in [0, 0.05) is 74.7 Å². The van der Waals surface area contributed by atoms with Crippen LogP contribution in [0, 0.1) is 17.8 Å². The molecule has 2 unspecified atom stereocenters. The number of anilines is 1. The van der Waals surface area contributed by atoms with Crippen LogP contribution in [0.25, 0.3) is 11.2 Å². The van der Waals surface area contributed by atoms with Crippen molar-refractivity contribution < 1.29 is 80.4 Å². The van der Waals surface area contributed by atoms with Gasteiger partial charge in [0.05, 0.1) is 38.2 Å². The summed E-state index contributed by atoms with van der Waals surface area (Å²) < 4.78 is 56.2. The summed E-state index contributed by atoms with van der Waals surface area (Å²) in [6, 6.07) is 13.7. The minimum atomic E-state index is -4.37. The topological polar surface area (TPSA) is 362 Å². The van der Waals surface area contributed by atoms with E-state index in [9.17, 15) is 52.9 Å². The monoisotopic (exact) mass is 1250 g/mol. The molecule has 452 valence electrons. The van der Waals surface area contributed by atoms with Crippen molar-refractivity contribution in [3.63, 3.8) is 0 Å². The molecule has 2 saturated heterocycles. The molecule has 5 N–H and O–H groups in total. The van der Waals surface area contributed by atoms with E-state index in [1.54, 1.807) is 62.4 Å². The summed E-state index contributed by atoms with van der Waals surface area (Å²) in [6.45, 7) is -4.90. The first-order valence-corrected chi connectivity index (χ1v) is 32.0. The summed E-state index contributed by atoms with van der Waals surface area (Å²) in [5, 5.41) is 16.8. The van der Waals surface area contributed by atoms with E-state index in [1.807, 2.05) is 0 Å². The van der Waals surface area contributed by atoms with Crippen LogP contribution in [0.15, 0.2) is 90.4 Å². The number of thiol groups is 1. The fourth-order valence-electron chi connectivity index (χ4n) is 9.91. The number of hydrogen-bond acceptors (Lipinski definition) is 22. The first-order valence-electron chi connectivity index (χ1n) is 26.7. The SMILES string of the molecule is CC(C)[C@H](CC(=O)CN1C(=O)C=CC1=O)C(=O)N[C@@H](C)C(=O)Cc1ccc(COC(=O)N(C)Cc2ccccc2C(=O)Nc2nc3c(ncn3[C@@H]3O[C@@H]4COP(O)(=S)O[C@H]5C[C@H](Oc6ccncn6)C[C@@H]5COP(=O)(S)O[C@@H]3[C@@H]4O)c(=O)[nH]2)cc1. The zero-order chi connectivity index (χ0) is 60.9. The molecule has 1 saturated carbocycles. The van der Waals surface area contributed by atoms with Crippen LogP contribution in [-0.4, -0.2) is 154 Å². The Hall–Kier alpha value is -6.95. The van der Waals surface area contributed by atoms with Crippen LogP contribution in [0.5, 0.6) is 5.88 Å². The molecule has 32 heteroatoms. The van der Waals surface area contributed by atoms with E-state index < -0.39 is 122 Å². The van der Waals surface area contributed by atoms with Gasteiger partial charge in [-0.1, -0.05) is 68.6 Å². The van der Waals surface area contributed by atoms with Gasteiger partial charge in [0.1, 0.15) is 37.4 Å². The summed E-state index contributed by atoms with van der Waals surface area (Å²) in [7, 11) is 1.47. The lowest BCUT2D eigenvalue weighted by Gasteiger charge is -2.27. The standard InChI is InChI=1S/C53H60N10O18P2S2/c1-28(2)37(19-34(64)22-62-42(66)13-14-43(62)67)49(70)57-29(3)38(65)17-30-9-11-31(12-10-30)23-75-53(72)61(4)21-32-7-5-6-8-36(32)48(69)59-52-58-47-44(50(71)60-52)56-27-63(47)51-46-45(68)40(79-51)25-77-82(73,84)80-39-20-35(78-41-15-16-54-26-55-41)18-33(39)24-76-83(74,85)81-46/h5-16,26-29,33,35,37,39-40,45-46,51,68H,17-25H2,1-4H3,(H,57,70)(H,73,84)(H,74,85)(H2,58,59,60,69,71)/t29-,33+,35+,37-,39-,40+,45+,46+,51+,82?,83?/m0/s1. The highest BCUT2D eigenvalue weighted by Crippen LogP contribution is 2.59. The number of aliphatic hydroxyl groups excluding tert-OH is 1. The lowest BCUT2D eigenvalue weighted by molar-refractivity contribution is -0.141. The molecule has 3 aliphatic heterocycles. The van der Waals surface area contributed by atoms with Crippen LogP contribution >= 0.6 is 25.8 Å². The molecule has 0 spiro atoms. The van der Waals surface area contributed by atoms with Crippen molar-refractivity contribution in [3.05, 3.63) is 118 Å². The average molecular weight is 1250 g/mol. The van der Waals surface area contributed by atoms with Gasteiger partial charge >= 0.3 is 19.6 Å². The third kappa shape index (κ3) is 15.6. The van der Waals surface area contributed by atoms with Gasteiger partial charge in [-0.05, 0) is 53.8 Å². The van der Waals surface area contributed by atoms with Crippen LogP contribution in [0.2, 0.25) is 0 Å². The summed E-state index contributed by atoms with van der Waals surface area (Å²) in [6.07, 6.45) is -1.57. The summed E-state index contributed by atoms with van der Waals surface area (Å²) in [4.78, 5) is 136. The number of amides is 5. The predicted molar refractivity (Wildman–Crippen MR) is 305 cm³/mol. The molecule has 1 aliphatic carbocycles. The van der Waals surface area contributed by atoms with Crippen molar-refractivity contribution in [2.24, 2.45) is 17.8 Å². The second-order valence-electron chi connectivity index (χ2n) is 21.0. The minimum absolute atomic E-state index is 0.0423. The van der Waals surface area contributed by atoms with E-state index in [2.05, 4.69) is 47.8 Å². The maximum atomic E-state index is 14.0. The van der Waals surface area contributed by atoms with Crippen molar-refractivity contribution in [2.75, 3.05) is 32.1 Å². The third-order valence-electron chi connectivity index (χ3n) is 14.5. The Kier molecular flexibility index (Phi) is 19.7. The highest BCUT2D eigenvalue weighted by molar-refractivity contribution is 8.44. The number of nitrogens with zero attached hydrogens (tertiary/aromatic N) is 7. The van der Waals surface area contributed by atoms with E-state index in [4.69, 9.17) is 44.1 Å². The van der Waals surface area contributed by atoms with Crippen LogP contribution < -0.4 is 20.9 Å². The highest BCUT2D eigenvalue weighted by atomic mass is 32.7. The molecule has 28 nitrogen and oxygen atoms in total. The number of benzene rings is 2. The molecule has 5 aromatic rings. The van der Waals surface area contributed by atoms with E-state index in [1.165, 1.54) is 42.0 Å². The van der Waals surface area contributed by atoms with E-state index in [0.29, 0.717) is 29.0 Å². The fraction of sp³-hybridized carbons (Fsp3) is 0.434. The number of ether oxygens (including phenoxy) is 3. The van der Waals surface area contributed by atoms with Gasteiger partial charge in [-0.25, -0.2) is 24.3 Å². The zero-order valence-corrected chi connectivity index (χ0v) is 49.5. The lowest BCUT2D eigenvalue weighted by Crippen LogP contribution is -2.45. The molecule has 3 fully saturated rings. The summed E-state index contributed by atoms with van der Waals surface area (Å²) >= 11 is 9.60. The Morgan fingerprint density at radius 2 is 1.68 bits per heavy atom. The zero-order valence-electron chi connectivity index (χ0n) is 46.0. The summed E-state index contributed by atoms with van der Waals surface area (Å²) in [5.74, 6) is -4.93. The number of ketones is 2. The van der Waals surface area contributed by atoms with Crippen LogP contribution in [0.4, 0.5) is 10.7 Å². The maximum absolute atomic E-state index is 14.0. The van der Waals surface area contributed by atoms with Crippen molar-refractivity contribution >= 4 is 96.0 Å². The number of H-pyrrole nitrogens is 1. The number of imide groups is 1. The van der Waals surface area contributed by atoms with Crippen molar-refractivity contribution in [3.8, 4) is 5.88 Å². The number of aromatic nitrogens is 6. The number of hydrogen-bond donors (Lipinski definition) is 6. The molecule has 0 radical (unpaired) electrons. The number of carbonyl (C=O) groups excluding carboxylic acids is 7.